The van der Waals surface area contributed by atoms with E-state index in [2.05, 4.69) is 172 Å². The highest BCUT2D eigenvalue weighted by Crippen LogP contribution is 2.49. The van der Waals surface area contributed by atoms with E-state index in [0.29, 0.717) is 5.82 Å². The molecule has 1 aliphatic carbocycles. The second kappa shape index (κ2) is 12.5. The molecule has 8 aromatic rings. The fourth-order valence-corrected chi connectivity index (χ4v) is 7.54. The van der Waals surface area contributed by atoms with Crippen LogP contribution >= 0.6 is 0 Å². The maximum absolute atomic E-state index is 5.10. The molecule has 0 radical (unpaired) electrons. The van der Waals surface area contributed by atoms with Crippen molar-refractivity contribution >= 4 is 0 Å². The molecule has 1 aromatic heterocycles. The van der Waals surface area contributed by atoms with E-state index in [-0.39, 0.29) is 5.41 Å². The van der Waals surface area contributed by atoms with Crippen molar-refractivity contribution in [3.05, 3.63) is 193 Å². The molecule has 1 heterocycles. The Kier molecular flexibility index (Phi) is 7.51. The first-order valence-corrected chi connectivity index (χ1v) is 17.6. The number of aromatic nitrogens is 2. The second-order valence-electron chi connectivity index (χ2n) is 13.9. The Bertz CT molecular complexity index is 2510. The summed E-state index contributed by atoms with van der Waals surface area (Å²) in [5.41, 5.74) is 17.5. The Labute approximate surface area is 299 Å². The van der Waals surface area contributed by atoms with Gasteiger partial charge in [-0.25, -0.2) is 9.97 Å². The number of fused-ring (bicyclic) bond motifs is 3. The zero-order valence-corrected chi connectivity index (χ0v) is 28.7. The highest BCUT2D eigenvalue weighted by molar-refractivity contribution is 5.85. The minimum atomic E-state index is 0.0125. The topological polar surface area (TPSA) is 25.8 Å². The summed E-state index contributed by atoms with van der Waals surface area (Å²) in [5.74, 6) is 0.713. The van der Waals surface area contributed by atoms with Crippen molar-refractivity contribution in [2.45, 2.75) is 19.3 Å². The van der Waals surface area contributed by atoms with Crippen LogP contribution in [0.2, 0.25) is 0 Å². The smallest absolute Gasteiger partial charge is 0.160 e. The van der Waals surface area contributed by atoms with Crippen LogP contribution < -0.4 is 0 Å². The van der Waals surface area contributed by atoms with Crippen LogP contribution in [0.1, 0.15) is 25.0 Å². The van der Waals surface area contributed by atoms with Gasteiger partial charge in [-0.1, -0.05) is 178 Å². The molecule has 0 atom stereocenters. The van der Waals surface area contributed by atoms with Crippen molar-refractivity contribution in [1.29, 1.82) is 0 Å². The van der Waals surface area contributed by atoms with Gasteiger partial charge in [0.1, 0.15) is 0 Å². The van der Waals surface area contributed by atoms with Gasteiger partial charge in [0.25, 0.3) is 0 Å². The third kappa shape index (κ3) is 5.65. The molecule has 242 valence electrons. The molecule has 1 aliphatic rings. The van der Waals surface area contributed by atoms with Gasteiger partial charge in [0.05, 0.1) is 11.4 Å². The highest BCUT2D eigenvalue weighted by Gasteiger charge is 2.35. The van der Waals surface area contributed by atoms with Gasteiger partial charge in [-0.2, -0.15) is 0 Å². The fourth-order valence-electron chi connectivity index (χ4n) is 7.54. The molecule has 0 N–H and O–H groups in total. The molecular weight excluding hydrogens is 617 g/mol. The van der Waals surface area contributed by atoms with Crippen molar-refractivity contribution in [3.8, 4) is 78.4 Å². The maximum atomic E-state index is 5.10. The van der Waals surface area contributed by atoms with E-state index in [1.54, 1.807) is 0 Å². The van der Waals surface area contributed by atoms with Gasteiger partial charge in [-0.15, -0.1) is 0 Å². The first-order chi connectivity index (χ1) is 25.0. The number of hydrogen-bond acceptors (Lipinski definition) is 2. The summed E-state index contributed by atoms with van der Waals surface area (Å²) in [6, 6.07) is 64.9. The van der Waals surface area contributed by atoms with Crippen LogP contribution in [0.4, 0.5) is 0 Å². The Morgan fingerprint density at radius 2 is 0.765 bits per heavy atom. The van der Waals surface area contributed by atoms with E-state index in [1.165, 1.54) is 50.1 Å². The van der Waals surface area contributed by atoms with E-state index >= 15 is 0 Å². The minimum absolute atomic E-state index is 0.0125. The van der Waals surface area contributed by atoms with Crippen molar-refractivity contribution in [3.63, 3.8) is 0 Å². The van der Waals surface area contributed by atoms with Crippen molar-refractivity contribution in [1.82, 2.24) is 9.97 Å². The van der Waals surface area contributed by atoms with Crippen LogP contribution in [0.15, 0.2) is 182 Å². The Morgan fingerprint density at radius 3 is 1.45 bits per heavy atom. The molecule has 2 nitrogen and oxygen atoms in total. The van der Waals surface area contributed by atoms with Crippen LogP contribution in [0, 0.1) is 0 Å². The quantitative estimate of drug-likeness (QED) is 0.179. The normalized spacial score (nSPS) is 12.7. The van der Waals surface area contributed by atoms with Crippen molar-refractivity contribution < 1.29 is 0 Å². The molecule has 0 spiro atoms. The van der Waals surface area contributed by atoms with Crippen molar-refractivity contribution in [2.75, 3.05) is 0 Å². The lowest BCUT2D eigenvalue weighted by atomic mass is 9.82. The first-order valence-electron chi connectivity index (χ1n) is 17.6. The van der Waals surface area contributed by atoms with E-state index < -0.39 is 0 Å². The van der Waals surface area contributed by atoms with E-state index in [1.807, 2.05) is 24.3 Å². The largest absolute Gasteiger partial charge is 0.228 e. The Morgan fingerprint density at radius 1 is 0.314 bits per heavy atom. The Balaban J connectivity index is 1.05. The van der Waals surface area contributed by atoms with Crippen molar-refractivity contribution in [2.24, 2.45) is 0 Å². The van der Waals surface area contributed by atoms with E-state index in [0.717, 1.165) is 33.6 Å². The third-order valence-corrected chi connectivity index (χ3v) is 10.3. The highest BCUT2D eigenvalue weighted by atomic mass is 14.9. The second-order valence-corrected chi connectivity index (χ2v) is 13.9. The van der Waals surface area contributed by atoms with Gasteiger partial charge in [0.2, 0.25) is 0 Å². The summed E-state index contributed by atoms with van der Waals surface area (Å²) >= 11 is 0. The summed E-state index contributed by atoms with van der Waals surface area (Å²) < 4.78 is 0. The molecule has 0 unspecified atom stereocenters. The molecule has 0 saturated heterocycles. The zero-order chi connectivity index (χ0) is 34.4. The summed E-state index contributed by atoms with van der Waals surface area (Å²) in [5, 5.41) is 0. The third-order valence-electron chi connectivity index (χ3n) is 10.3. The molecule has 2 heteroatoms. The zero-order valence-electron chi connectivity index (χ0n) is 28.7. The number of rotatable bonds is 6. The first kappa shape index (κ1) is 30.7. The molecule has 9 rings (SSSR count). The van der Waals surface area contributed by atoms with Gasteiger partial charge in [-0.3, -0.25) is 0 Å². The summed E-state index contributed by atoms with van der Waals surface area (Å²) in [6.07, 6.45) is 0. The monoisotopic (exact) mass is 652 g/mol. The molecule has 0 amide bonds. The van der Waals surface area contributed by atoms with Gasteiger partial charge < -0.3 is 0 Å². The number of hydrogen-bond donors (Lipinski definition) is 0. The van der Waals surface area contributed by atoms with E-state index in [9.17, 15) is 0 Å². The van der Waals surface area contributed by atoms with Gasteiger partial charge in [0, 0.05) is 22.1 Å². The van der Waals surface area contributed by atoms with Crippen LogP contribution in [-0.2, 0) is 5.41 Å². The van der Waals surface area contributed by atoms with Crippen LogP contribution in [-0.4, -0.2) is 9.97 Å². The molecule has 0 fully saturated rings. The fraction of sp³-hybridized carbons (Fsp3) is 0.0612. The average Bonchev–Trinajstić information content (AvgIpc) is 3.44. The minimum Gasteiger partial charge on any atom is -0.228 e. The van der Waals surface area contributed by atoms with E-state index in [4.69, 9.17) is 9.97 Å². The SMILES string of the molecule is CC1(C)c2ccccc2-c2cc(-c3ccc(-c4cccc(-c5cc(-c6ccc(-c7ccccc7)cc6)nc(-c6ccccc6)n5)c4)cc3)ccc21. The standard InChI is InChI=1S/C49H36N2/c1-49(2)44-19-10-9-18-42(44)43-31-40(28-29-45(43)49)36-22-20-35(21-23-36)39-16-11-17-41(30-39)47-32-46(50-48(51-47)38-14-7-4-8-15-38)37-26-24-34(25-27-37)33-12-5-3-6-13-33/h3-32H,1-2H3. The number of nitrogens with zero attached hydrogens (tertiary/aromatic N) is 2. The van der Waals surface area contributed by atoms with Gasteiger partial charge in [0.15, 0.2) is 5.82 Å². The molecule has 0 bridgehead atoms. The van der Waals surface area contributed by atoms with Crippen LogP contribution in [0.5, 0.6) is 0 Å². The number of benzene rings is 7. The van der Waals surface area contributed by atoms with Gasteiger partial charge >= 0.3 is 0 Å². The van der Waals surface area contributed by atoms with Crippen LogP contribution in [0.3, 0.4) is 0 Å². The average molecular weight is 653 g/mol. The summed E-state index contributed by atoms with van der Waals surface area (Å²) in [7, 11) is 0. The lowest BCUT2D eigenvalue weighted by Gasteiger charge is -2.21. The summed E-state index contributed by atoms with van der Waals surface area (Å²) in [6.45, 7) is 4.66. The molecule has 51 heavy (non-hydrogen) atoms. The predicted octanol–water partition coefficient (Wildman–Crippen LogP) is 12.8. The molecule has 0 aliphatic heterocycles. The lowest BCUT2D eigenvalue weighted by Crippen LogP contribution is -2.14. The molecule has 0 saturated carbocycles. The summed E-state index contributed by atoms with van der Waals surface area (Å²) in [4.78, 5) is 10.1. The van der Waals surface area contributed by atoms with Crippen LogP contribution in [0.25, 0.3) is 78.4 Å². The maximum Gasteiger partial charge on any atom is 0.160 e. The lowest BCUT2D eigenvalue weighted by molar-refractivity contribution is 0.660. The molecular formula is C49H36N2. The Hall–Kier alpha value is -6.38. The predicted molar refractivity (Wildman–Crippen MR) is 212 cm³/mol. The van der Waals surface area contributed by atoms with Gasteiger partial charge in [-0.05, 0) is 73.8 Å². The molecule has 7 aromatic carbocycles.